The molecule has 0 aliphatic heterocycles. The monoisotopic (exact) mass is 296 g/mol. The zero-order valence-electron chi connectivity index (χ0n) is 9.06. The highest BCUT2D eigenvalue weighted by Crippen LogP contribution is 2.21. The molecule has 0 fully saturated rings. The summed E-state index contributed by atoms with van der Waals surface area (Å²) < 4.78 is 31.2. The lowest BCUT2D eigenvalue weighted by molar-refractivity contribution is 0.144. The molecule has 8 heteroatoms. The van der Waals surface area contributed by atoms with E-state index in [1.54, 1.807) is 6.08 Å². The van der Waals surface area contributed by atoms with Gasteiger partial charge in [-0.05, 0) is 6.42 Å². The third-order valence-electron chi connectivity index (χ3n) is 1.73. The predicted molar refractivity (Wildman–Crippen MR) is 67.9 cm³/mol. The van der Waals surface area contributed by atoms with Crippen LogP contribution in [0.4, 0.5) is 0 Å². The van der Waals surface area contributed by atoms with Crippen LogP contribution in [-0.2, 0) is 14.8 Å². The van der Waals surface area contributed by atoms with Gasteiger partial charge >= 0.3 is 0 Å². The summed E-state index contributed by atoms with van der Waals surface area (Å²) in [6.45, 7) is 4.63. The molecule has 0 bridgehead atoms. The van der Waals surface area contributed by atoms with Gasteiger partial charge in [-0.15, -0.1) is 6.58 Å². The van der Waals surface area contributed by atoms with Gasteiger partial charge in [0.1, 0.15) is 0 Å². The summed E-state index contributed by atoms with van der Waals surface area (Å²) in [6, 6.07) is 0. The van der Waals surface area contributed by atoms with Gasteiger partial charge in [-0.1, -0.05) is 29.0 Å². The van der Waals surface area contributed by atoms with Crippen molar-refractivity contribution in [2.24, 2.45) is 0 Å². The van der Waals surface area contributed by atoms with Gasteiger partial charge in [0, 0.05) is 6.54 Å². The second kappa shape index (κ2) is 7.07. The molecular formula is C9H13ClN2O3S2. The third-order valence-corrected chi connectivity index (χ3v) is 4.76. The Kier molecular flexibility index (Phi) is 6.07. The van der Waals surface area contributed by atoms with Gasteiger partial charge in [0.15, 0.2) is 8.68 Å². The van der Waals surface area contributed by atoms with Crippen molar-refractivity contribution in [3.8, 4) is 0 Å². The molecule has 0 radical (unpaired) electrons. The predicted octanol–water partition coefficient (Wildman–Crippen LogP) is 1.67. The number of hydrogen-bond donors (Lipinski definition) is 1. The van der Waals surface area contributed by atoms with Crippen LogP contribution >= 0.6 is 22.9 Å². The molecule has 0 amide bonds. The first-order valence-electron chi connectivity index (χ1n) is 4.86. The average molecular weight is 297 g/mol. The second-order valence-corrected chi connectivity index (χ2v) is 6.63. The van der Waals surface area contributed by atoms with Crippen LogP contribution in [0.15, 0.2) is 23.1 Å². The first kappa shape index (κ1) is 14.6. The molecule has 0 aliphatic carbocycles. The molecule has 0 aromatic carbocycles. The maximum absolute atomic E-state index is 11.7. The Morgan fingerprint density at radius 1 is 1.59 bits per heavy atom. The molecule has 1 aromatic heterocycles. The van der Waals surface area contributed by atoms with Crippen LogP contribution in [0.1, 0.15) is 6.42 Å². The number of rotatable bonds is 8. The minimum absolute atomic E-state index is 0.105. The summed E-state index contributed by atoms with van der Waals surface area (Å²) in [7, 11) is -3.51. The van der Waals surface area contributed by atoms with E-state index in [2.05, 4.69) is 16.3 Å². The highest BCUT2D eigenvalue weighted by Gasteiger charge is 2.16. The zero-order valence-corrected chi connectivity index (χ0v) is 11.4. The molecule has 0 aliphatic rings. The second-order valence-electron chi connectivity index (χ2n) is 3.02. The van der Waals surface area contributed by atoms with Crippen LogP contribution in [0.3, 0.4) is 0 Å². The molecule has 0 atom stereocenters. The number of aromatic nitrogens is 1. The van der Waals surface area contributed by atoms with Gasteiger partial charge in [0.2, 0.25) is 0 Å². The van der Waals surface area contributed by atoms with E-state index in [0.29, 0.717) is 13.2 Å². The Hall–Kier alpha value is -0.470. The van der Waals surface area contributed by atoms with Crippen molar-refractivity contribution in [3.05, 3.63) is 23.3 Å². The van der Waals surface area contributed by atoms with Gasteiger partial charge in [-0.3, -0.25) is 0 Å². The van der Waals surface area contributed by atoms with Crippen LogP contribution in [0.5, 0.6) is 0 Å². The average Bonchev–Trinajstić information content (AvgIpc) is 2.71. The van der Waals surface area contributed by atoms with Crippen molar-refractivity contribution >= 4 is 33.0 Å². The topological polar surface area (TPSA) is 68.3 Å². The van der Waals surface area contributed by atoms with Crippen molar-refractivity contribution in [2.45, 2.75) is 10.6 Å². The fraction of sp³-hybridized carbons (Fsp3) is 0.444. The van der Waals surface area contributed by atoms with E-state index in [0.717, 1.165) is 17.8 Å². The normalized spacial score (nSPS) is 11.6. The summed E-state index contributed by atoms with van der Waals surface area (Å²) in [4.78, 5) is 3.67. The van der Waals surface area contributed by atoms with E-state index < -0.39 is 10.0 Å². The summed E-state index contributed by atoms with van der Waals surface area (Å²) in [5.74, 6) is 0. The lowest BCUT2D eigenvalue weighted by Crippen LogP contribution is -2.26. The van der Waals surface area contributed by atoms with Gasteiger partial charge in [-0.25, -0.2) is 18.1 Å². The summed E-state index contributed by atoms with van der Waals surface area (Å²) in [5, 5.41) is 0. The van der Waals surface area contributed by atoms with E-state index in [1.807, 2.05) is 0 Å². The molecule has 0 unspecified atom stereocenters. The van der Waals surface area contributed by atoms with Gasteiger partial charge in [0.05, 0.1) is 19.4 Å². The van der Waals surface area contributed by atoms with Crippen molar-refractivity contribution in [3.63, 3.8) is 0 Å². The van der Waals surface area contributed by atoms with E-state index in [4.69, 9.17) is 16.3 Å². The van der Waals surface area contributed by atoms with Crippen molar-refractivity contribution < 1.29 is 13.2 Å². The minimum Gasteiger partial charge on any atom is -0.380 e. The summed E-state index contributed by atoms with van der Waals surface area (Å²) >= 11 is 6.48. The van der Waals surface area contributed by atoms with Gasteiger partial charge in [0.25, 0.3) is 10.0 Å². The van der Waals surface area contributed by atoms with E-state index in [-0.39, 0.29) is 15.2 Å². The maximum atomic E-state index is 11.7. The number of thiazole rings is 1. The maximum Gasteiger partial charge on any atom is 0.251 e. The fourth-order valence-corrected chi connectivity index (χ4v) is 3.30. The number of nitrogens with one attached hydrogen (secondary N) is 1. The molecule has 0 spiro atoms. The summed E-state index contributed by atoms with van der Waals surface area (Å²) in [6.07, 6.45) is 3.72. The molecular weight excluding hydrogens is 284 g/mol. The number of halogens is 1. The molecule has 0 saturated heterocycles. The highest BCUT2D eigenvalue weighted by molar-refractivity contribution is 7.91. The van der Waals surface area contributed by atoms with Crippen LogP contribution in [0, 0.1) is 0 Å². The smallest absolute Gasteiger partial charge is 0.251 e. The van der Waals surface area contributed by atoms with Crippen molar-refractivity contribution in [1.82, 2.24) is 9.71 Å². The standard InChI is InChI=1S/C9H13ClN2O3S2/c1-2-3-5-15-6-4-12-17(13,14)8-7-11-9(10)16-8/h2,7,12H,1,3-6H2. The van der Waals surface area contributed by atoms with Crippen molar-refractivity contribution in [2.75, 3.05) is 19.8 Å². The fourth-order valence-electron chi connectivity index (χ4n) is 0.951. The molecule has 5 nitrogen and oxygen atoms in total. The molecule has 1 heterocycles. The van der Waals surface area contributed by atoms with Crippen LogP contribution < -0.4 is 4.72 Å². The molecule has 0 saturated carbocycles. The molecule has 1 rings (SSSR count). The SMILES string of the molecule is C=CCCOCCNS(=O)(=O)c1cnc(Cl)s1. The highest BCUT2D eigenvalue weighted by atomic mass is 35.5. The third kappa shape index (κ3) is 5.13. The summed E-state index contributed by atoms with van der Waals surface area (Å²) in [5.41, 5.74) is 0. The Morgan fingerprint density at radius 2 is 2.35 bits per heavy atom. The van der Waals surface area contributed by atoms with Gasteiger partial charge in [-0.2, -0.15) is 0 Å². The number of sulfonamides is 1. The Bertz CT molecular complexity index is 459. The van der Waals surface area contributed by atoms with E-state index in [9.17, 15) is 8.42 Å². The van der Waals surface area contributed by atoms with Crippen LogP contribution in [-0.4, -0.2) is 33.2 Å². The lowest BCUT2D eigenvalue weighted by Gasteiger charge is -2.04. The Morgan fingerprint density at radius 3 is 2.94 bits per heavy atom. The zero-order chi connectivity index (χ0) is 12.7. The van der Waals surface area contributed by atoms with E-state index in [1.165, 1.54) is 6.20 Å². The molecule has 96 valence electrons. The molecule has 1 aromatic rings. The minimum atomic E-state index is -3.51. The lowest BCUT2D eigenvalue weighted by atomic mass is 10.5. The Balaban J connectivity index is 2.33. The number of hydrogen-bond acceptors (Lipinski definition) is 5. The quantitative estimate of drug-likeness (QED) is 0.585. The first-order chi connectivity index (χ1) is 8.06. The molecule has 17 heavy (non-hydrogen) atoms. The molecule has 1 N–H and O–H groups in total. The van der Waals surface area contributed by atoms with Crippen LogP contribution in [0.25, 0.3) is 0 Å². The largest absolute Gasteiger partial charge is 0.380 e. The van der Waals surface area contributed by atoms with Gasteiger partial charge < -0.3 is 4.74 Å². The number of ether oxygens (including phenoxy) is 1. The van der Waals surface area contributed by atoms with Crippen molar-refractivity contribution in [1.29, 1.82) is 0 Å². The van der Waals surface area contributed by atoms with E-state index >= 15 is 0 Å². The number of nitrogens with zero attached hydrogens (tertiary/aromatic N) is 1. The van der Waals surface area contributed by atoms with Crippen LogP contribution in [0.2, 0.25) is 4.47 Å². The Labute approximate surface area is 110 Å². The first-order valence-corrected chi connectivity index (χ1v) is 7.53.